The largest absolute Gasteiger partial charge is 0.372 e. The quantitative estimate of drug-likeness (QED) is 0.188. The van der Waals surface area contributed by atoms with Crippen LogP contribution in [0.15, 0.2) is 0 Å². The summed E-state index contributed by atoms with van der Waals surface area (Å²) in [6.07, 6.45) is 13.1. The first kappa shape index (κ1) is 34.2. The number of epoxide rings is 4. The minimum Gasteiger partial charge on any atom is -0.372 e. The minimum atomic E-state index is 0.424. The van der Waals surface area contributed by atoms with Gasteiger partial charge in [0.25, 0.3) is 0 Å². The number of hydrogen-bond donors (Lipinski definition) is 0. The molecule has 0 spiro atoms. The van der Waals surface area contributed by atoms with Gasteiger partial charge in [-0.15, -0.1) is 0 Å². The zero-order valence-electron chi connectivity index (χ0n) is 30.9. The van der Waals surface area contributed by atoms with Crippen molar-refractivity contribution in [3.8, 4) is 0 Å². The van der Waals surface area contributed by atoms with Crippen molar-refractivity contribution in [1.82, 2.24) is 9.80 Å². The number of nitrogens with zero attached hydrogens (tertiary/aromatic N) is 2. The van der Waals surface area contributed by atoms with Crippen molar-refractivity contribution in [2.24, 2.45) is 58.2 Å². The predicted molar refractivity (Wildman–Crippen MR) is 185 cm³/mol. The van der Waals surface area contributed by atoms with Crippen LogP contribution >= 0.6 is 0 Å². The van der Waals surface area contributed by atoms with E-state index in [1.165, 1.54) is 51.4 Å². The van der Waals surface area contributed by atoms with Crippen molar-refractivity contribution in [3.63, 3.8) is 0 Å². The Morgan fingerprint density at radius 3 is 0.891 bits per heavy atom. The molecule has 0 aromatic rings. The van der Waals surface area contributed by atoms with E-state index in [1.807, 2.05) is 0 Å². The zero-order chi connectivity index (χ0) is 32.4. The predicted octanol–water partition coefficient (Wildman–Crippen LogP) is 7.15. The maximum Gasteiger partial charge on any atom is 0.0936 e. The Kier molecular flexibility index (Phi) is 10.0. The van der Waals surface area contributed by atoms with Crippen molar-refractivity contribution in [3.05, 3.63) is 0 Å². The average molecular weight is 643 g/mol. The Bertz CT molecular complexity index is 879. The first-order chi connectivity index (χ1) is 21.9. The maximum absolute atomic E-state index is 5.69. The van der Waals surface area contributed by atoms with E-state index in [9.17, 15) is 0 Å². The lowest BCUT2D eigenvalue weighted by Crippen LogP contribution is -2.53. The third-order valence-corrected chi connectivity index (χ3v) is 15.1. The molecule has 7 rings (SSSR count). The number of ether oxygens (including phenoxy) is 4. The summed E-state index contributed by atoms with van der Waals surface area (Å²) in [5.74, 6) is 6.37. The Hall–Kier alpha value is -0.240. The highest BCUT2D eigenvalue weighted by atomic mass is 16.6. The van der Waals surface area contributed by atoms with Crippen LogP contribution in [0.3, 0.4) is 0 Å². The highest BCUT2D eigenvalue weighted by molar-refractivity contribution is 5.01. The molecule has 264 valence electrons. The van der Waals surface area contributed by atoms with Gasteiger partial charge < -0.3 is 18.9 Å². The normalized spacial score (nSPS) is 46.0. The van der Waals surface area contributed by atoms with Gasteiger partial charge in [-0.05, 0) is 110 Å². The second-order valence-corrected chi connectivity index (χ2v) is 19.1. The fourth-order valence-corrected chi connectivity index (χ4v) is 11.9. The van der Waals surface area contributed by atoms with Gasteiger partial charge in [-0.2, -0.15) is 0 Å². The summed E-state index contributed by atoms with van der Waals surface area (Å²) >= 11 is 0. The van der Waals surface area contributed by atoms with E-state index < -0.39 is 0 Å². The first-order valence-corrected chi connectivity index (χ1v) is 19.8. The molecule has 6 heteroatoms. The molecule has 0 radical (unpaired) electrons. The zero-order valence-corrected chi connectivity index (χ0v) is 30.9. The van der Waals surface area contributed by atoms with Crippen LogP contribution in [0, 0.1) is 58.2 Å². The minimum absolute atomic E-state index is 0.424. The summed E-state index contributed by atoms with van der Waals surface area (Å²) in [7, 11) is 0. The van der Waals surface area contributed by atoms with Crippen molar-refractivity contribution < 1.29 is 18.9 Å². The summed E-state index contributed by atoms with van der Waals surface area (Å²) in [6.45, 7) is 29.2. The van der Waals surface area contributed by atoms with Gasteiger partial charge in [0, 0.05) is 38.3 Å². The SMILES string of the molecule is CC1CC(C(C)(C)C2CCC(C(C)(C)C3CC(C)C(N(CC4CO4)CC4CO4)C(C)C3)CC2)CC(C)C1N(CC1CO1)CC1CO1. The van der Waals surface area contributed by atoms with E-state index in [1.54, 1.807) is 0 Å². The lowest BCUT2D eigenvalue weighted by molar-refractivity contribution is -0.0467. The van der Waals surface area contributed by atoms with Gasteiger partial charge in [-0.3, -0.25) is 9.80 Å². The molecule has 0 amide bonds. The van der Waals surface area contributed by atoms with Gasteiger partial charge in [0.15, 0.2) is 0 Å². The van der Waals surface area contributed by atoms with E-state index in [4.69, 9.17) is 18.9 Å². The molecule has 46 heavy (non-hydrogen) atoms. The molecule has 8 unspecified atom stereocenters. The Labute approximate surface area is 282 Å². The van der Waals surface area contributed by atoms with Gasteiger partial charge in [0.1, 0.15) is 0 Å². The third kappa shape index (κ3) is 7.73. The van der Waals surface area contributed by atoms with Crippen LogP contribution in [-0.2, 0) is 18.9 Å². The maximum atomic E-state index is 5.69. The van der Waals surface area contributed by atoms with Gasteiger partial charge in [-0.25, -0.2) is 0 Å². The highest BCUT2D eigenvalue weighted by Gasteiger charge is 2.50. The lowest BCUT2D eigenvalue weighted by Gasteiger charge is -2.54. The molecule has 0 bridgehead atoms. The fourth-order valence-electron chi connectivity index (χ4n) is 11.9. The van der Waals surface area contributed by atoms with Crippen LogP contribution in [0.1, 0.15) is 107 Å². The molecule has 0 aromatic heterocycles. The monoisotopic (exact) mass is 643 g/mol. The molecule has 7 fully saturated rings. The molecule has 0 aromatic carbocycles. The van der Waals surface area contributed by atoms with E-state index in [-0.39, 0.29) is 0 Å². The molecule has 0 N–H and O–H groups in total. The van der Waals surface area contributed by atoms with Gasteiger partial charge >= 0.3 is 0 Å². The summed E-state index contributed by atoms with van der Waals surface area (Å²) in [4.78, 5) is 5.55. The molecule has 7 aliphatic rings. The summed E-state index contributed by atoms with van der Waals surface area (Å²) < 4.78 is 22.8. The first-order valence-electron chi connectivity index (χ1n) is 19.8. The molecule has 3 aliphatic carbocycles. The lowest BCUT2D eigenvalue weighted by atomic mass is 9.53. The van der Waals surface area contributed by atoms with Crippen LogP contribution in [0.4, 0.5) is 0 Å². The van der Waals surface area contributed by atoms with E-state index in [0.717, 1.165) is 99.9 Å². The van der Waals surface area contributed by atoms with Crippen LogP contribution < -0.4 is 0 Å². The highest BCUT2D eigenvalue weighted by Crippen LogP contribution is 2.56. The summed E-state index contributed by atoms with van der Waals surface area (Å²) in [5, 5.41) is 0. The van der Waals surface area contributed by atoms with Gasteiger partial charge in [-0.1, -0.05) is 55.4 Å². The number of hydrogen-bond acceptors (Lipinski definition) is 6. The van der Waals surface area contributed by atoms with E-state index in [2.05, 4.69) is 65.2 Å². The second-order valence-electron chi connectivity index (χ2n) is 19.1. The van der Waals surface area contributed by atoms with E-state index in [0.29, 0.717) is 47.3 Å². The van der Waals surface area contributed by atoms with Crippen LogP contribution in [0.5, 0.6) is 0 Å². The Morgan fingerprint density at radius 1 is 0.435 bits per heavy atom. The second kappa shape index (κ2) is 13.5. The average Bonchev–Trinajstić information content (AvgIpc) is 3.80. The third-order valence-electron chi connectivity index (χ3n) is 15.1. The van der Waals surface area contributed by atoms with Gasteiger partial charge in [0.2, 0.25) is 0 Å². The molecule has 6 nitrogen and oxygen atoms in total. The van der Waals surface area contributed by atoms with Crippen LogP contribution in [0.25, 0.3) is 0 Å². The molecular formula is C40H70N2O4. The molecule has 3 saturated carbocycles. The van der Waals surface area contributed by atoms with Crippen molar-refractivity contribution >= 4 is 0 Å². The van der Waals surface area contributed by atoms with Crippen molar-refractivity contribution in [2.75, 3.05) is 52.6 Å². The smallest absolute Gasteiger partial charge is 0.0936 e. The Morgan fingerprint density at radius 2 is 0.674 bits per heavy atom. The van der Waals surface area contributed by atoms with E-state index >= 15 is 0 Å². The Balaban J connectivity index is 0.931. The fraction of sp³-hybridized carbons (Fsp3) is 1.00. The topological polar surface area (TPSA) is 56.6 Å². The summed E-state index contributed by atoms with van der Waals surface area (Å²) in [6, 6.07) is 1.35. The summed E-state index contributed by atoms with van der Waals surface area (Å²) in [5.41, 5.74) is 0.849. The standard InChI is InChI=1S/C40H70N2O4/c1-25-13-31(14-26(2)37(25)41(17-33-21-43-33)18-34-22-44-34)39(5,6)29-9-11-30(12-10-29)40(7,8)32-15-27(3)38(28(4)16-32)42(19-35-23-45-35)20-36-24-46-36/h25-38H,9-24H2,1-8H3. The molecular weight excluding hydrogens is 572 g/mol. The van der Waals surface area contributed by atoms with Gasteiger partial charge in [0.05, 0.1) is 50.8 Å². The van der Waals surface area contributed by atoms with Crippen LogP contribution in [0.2, 0.25) is 0 Å². The molecule has 4 heterocycles. The van der Waals surface area contributed by atoms with Crippen LogP contribution in [-0.4, -0.2) is 98.9 Å². The number of rotatable bonds is 14. The molecule has 4 saturated heterocycles. The molecule has 4 aliphatic heterocycles. The van der Waals surface area contributed by atoms with Crippen molar-refractivity contribution in [1.29, 1.82) is 0 Å². The van der Waals surface area contributed by atoms with Crippen molar-refractivity contribution in [2.45, 2.75) is 143 Å². The molecule has 8 atom stereocenters.